The Morgan fingerprint density at radius 2 is 1.75 bits per heavy atom. The van der Waals surface area contributed by atoms with Gasteiger partial charge in [0.1, 0.15) is 11.8 Å². The van der Waals surface area contributed by atoms with Crippen LogP contribution in [0.1, 0.15) is 28.8 Å². The highest BCUT2D eigenvalue weighted by molar-refractivity contribution is 6.05. The Balaban J connectivity index is 1.26. The van der Waals surface area contributed by atoms with Crippen LogP contribution in [0.2, 0.25) is 0 Å². The fourth-order valence-corrected chi connectivity index (χ4v) is 5.04. The second-order valence-electron chi connectivity index (χ2n) is 9.19. The lowest BCUT2D eigenvalue weighted by Gasteiger charge is -2.33. The number of carbonyl (C=O) groups is 3. The van der Waals surface area contributed by atoms with Gasteiger partial charge in [-0.25, -0.2) is 4.68 Å². The van der Waals surface area contributed by atoms with E-state index in [1.54, 1.807) is 18.1 Å². The Morgan fingerprint density at radius 3 is 2.58 bits per heavy atom. The minimum atomic E-state index is -0.608. The van der Waals surface area contributed by atoms with E-state index in [1.165, 1.54) is 7.05 Å². The number of likely N-dealkylation sites (N-methyl/N-ethyl adjacent to an activating group) is 1. The van der Waals surface area contributed by atoms with Gasteiger partial charge in [-0.15, -0.1) is 0 Å². The molecule has 4 aromatic rings. The molecule has 0 aliphatic carbocycles. The number of rotatable bonds is 4. The van der Waals surface area contributed by atoms with E-state index in [0.717, 1.165) is 43.9 Å². The summed E-state index contributed by atoms with van der Waals surface area (Å²) in [6.07, 6.45) is 2.54. The highest BCUT2D eigenvalue weighted by Crippen LogP contribution is 2.32. The minimum Gasteiger partial charge on any atom is -0.497 e. The topological polar surface area (TPSA) is 84.7 Å². The predicted molar refractivity (Wildman–Crippen MR) is 134 cm³/mol. The average molecular weight is 481 g/mol. The third-order valence-corrected chi connectivity index (χ3v) is 7.12. The third-order valence-electron chi connectivity index (χ3n) is 7.12. The maximum atomic E-state index is 13.1. The normalized spacial score (nSPS) is 17.7. The molecule has 3 amide bonds. The van der Waals surface area contributed by atoms with Crippen molar-refractivity contribution in [1.29, 1.82) is 0 Å². The average Bonchev–Trinajstić information content (AvgIpc) is 3.52. The van der Waals surface area contributed by atoms with E-state index in [9.17, 15) is 14.4 Å². The number of aromatic nitrogens is 2. The Hall–Kier alpha value is -4.46. The van der Waals surface area contributed by atoms with E-state index in [2.05, 4.69) is 6.07 Å². The second kappa shape index (κ2) is 8.34. The molecule has 180 valence electrons. The summed E-state index contributed by atoms with van der Waals surface area (Å²) in [5, 5.41) is 6.95. The monoisotopic (exact) mass is 480 g/mol. The van der Waals surface area contributed by atoms with Crippen molar-refractivity contribution in [3.63, 3.8) is 0 Å². The molecule has 1 aromatic heterocycles. The molecular weight excluding hydrogens is 456 g/mol. The zero-order valence-electron chi connectivity index (χ0n) is 20.0. The SMILES string of the molecule is COc1ccc2cc(-n3ccc(-c4ccc5c(c4)CN(C4CCC(=O)N(C)C4=O)C5=O)n3)ccc2c1. The summed E-state index contributed by atoms with van der Waals surface area (Å²) in [4.78, 5) is 40.3. The van der Waals surface area contributed by atoms with Gasteiger partial charge in [-0.3, -0.25) is 19.3 Å². The standard InChI is InChI=1S/C28H24N4O4/c1-30-26(33)10-9-25(28(30)35)31-16-20-13-19(5-8-23(20)27(31)34)24-11-12-32(29-24)21-6-3-18-15-22(36-2)7-4-17(18)14-21/h3-8,11-15,25H,9-10,16H2,1-2H3. The molecule has 8 heteroatoms. The maximum absolute atomic E-state index is 13.1. The number of benzene rings is 3. The number of fused-ring (bicyclic) bond motifs is 2. The van der Waals surface area contributed by atoms with Crippen LogP contribution in [0.3, 0.4) is 0 Å². The molecule has 0 spiro atoms. The number of amides is 3. The molecule has 0 N–H and O–H groups in total. The van der Waals surface area contributed by atoms with Gasteiger partial charge in [-0.2, -0.15) is 5.10 Å². The molecule has 2 aliphatic heterocycles. The van der Waals surface area contributed by atoms with Crippen molar-refractivity contribution >= 4 is 28.5 Å². The Bertz CT molecular complexity index is 1560. The summed E-state index contributed by atoms with van der Waals surface area (Å²) in [5.41, 5.74) is 4.08. The molecule has 0 bridgehead atoms. The van der Waals surface area contributed by atoms with Crippen LogP contribution < -0.4 is 4.74 Å². The van der Waals surface area contributed by atoms with Crippen LogP contribution in [-0.2, 0) is 16.1 Å². The molecule has 1 atom stereocenters. The number of carbonyl (C=O) groups excluding carboxylic acids is 3. The summed E-state index contributed by atoms with van der Waals surface area (Å²) in [5.74, 6) is 0.124. The second-order valence-corrected chi connectivity index (χ2v) is 9.19. The molecule has 2 aliphatic rings. The number of ether oxygens (including phenoxy) is 1. The van der Waals surface area contributed by atoms with Gasteiger partial charge in [0, 0.05) is 37.3 Å². The van der Waals surface area contributed by atoms with E-state index in [4.69, 9.17) is 9.84 Å². The molecule has 8 nitrogen and oxygen atoms in total. The van der Waals surface area contributed by atoms with Crippen LogP contribution in [0, 0.1) is 0 Å². The molecule has 3 heterocycles. The van der Waals surface area contributed by atoms with Crippen LogP contribution in [0.4, 0.5) is 0 Å². The van der Waals surface area contributed by atoms with Gasteiger partial charge >= 0.3 is 0 Å². The zero-order valence-corrected chi connectivity index (χ0v) is 20.0. The maximum Gasteiger partial charge on any atom is 0.255 e. The lowest BCUT2D eigenvalue weighted by molar-refractivity contribution is -0.150. The fourth-order valence-electron chi connectivity index (χ4n) is 5.04. The zero-order chi connectivity index (χ0) is 25.0. The summed E-state index contributed by atoms with van der Waals surface area (Å²) < 4.78 is 7.14. The van der Waals surface area contributed by atoms with E-state index in [1.807, 2.05) is 59.4 Å². The van der Waals surface area contributed by atoms with Crippen molar-refractivity contribution in [2.45, 2.75) is 25.4 Å². The quantitative estimate of drug-likeness (QED) is 0.415. The highest BCUT2D eigenvalue weighted by atomic mass is 16.5. The number of piperidine rings is 1. The first-order valence-electron chi connectivity index (χ1n) is 11.8. The Labute approximate surface area is 207 Å². The number of methoxy groups -OCH3 is 1. The van der Waals surface area contributed by atoms with Crippen molar-refractivity contribution in [1.82, 2.24) is 19.6 Å². The first-order chi connectivity index (χ1) is 17.4. The molecule has 0 radical (unpaired) electrons. The number of nitrogens with zero attached hydrogens (tertiary/aromatic N) is 4. The Morgan fingerprint density at radius 1 is 0.944 bits per heavy atom. The number of likely N-dealkylation sites (tertiary alicyclic amines) is 1. The summed E-state index contributed by atoms with van der Waals surface area (Å²) in [7, 11) is 3.13. The molecular formula is C28H24N4O4. The largest absolute Gasteiger partial charge is 0.497 e. The van der Waals surface area contributed by atoms with Crippen LogP contribution in [-0.4, -0.2) is 57.5 Å². The number of imide groups is 1. The van der Waals surface area contributed by atoms with E-state index in [-0.39, 0.29) is 24.1 Å². The van der Waals surface area contributed by atoms with Crippen molar-refractivity contribution in [3.8, 4) is 22.7 Å². The molecule has 0 saturated carbocycles. The predicted octanol–water partition coefficient (Wildman–Crippen LogP) is 3.80. The van der Waals surface area contributed by atoms with E-state index in [0.29, 0.717) is 18.5 Å². The lowest BCUT2D eigenvalue weighted by Crippen LogP contribution is -2.53. The first-order valence-corrected chi connectivity index (χ1v) is 11.8. The number of hydrogen-bond acceptors (Lipinski definition) is 5. The van der Waals surface area contributed by atoms with Crippen LogP contribution in [0.15, 0.2) is 66.9 Å². The highest BCUT2D eigenvalue weighted by Gasteiger charge is 2.41. The van der Waals surface area contributed by atoms with Gasteiger partial charge in [0.2, 0.25) is 5.91 Å². The summed E-state index contributed by atoms with van der Waals surface area (Å²) >= 11 is 0. The molecule has 6 rings (SSSR count). The number of hydrogen-bond donors (Lipinski definition) is 0. The van der Waals surface area contributed by atoms with Gasteiger partial charge in [0.05, 0.1) is 18.5 Å². The lowest BCUT2D eigenvalue weighted by atomic mass is 10.0. The molecule has 36 heavy (non-hydrogen) atoms. The van der Waals surface area contributed by atoms with Crippen LogP contribution in [0.25, 0.3) is 27.7 Å². The van der Waals surface area contributed by atoms with Gasteiger partial charge < -0.3 is 9.64 Å². The smallest absolute Gasteiger partial charge is 0.255 e. The molecule has 3 aromatic carbocycles. The first kappa shape index (κ1) is 22.0. The fraction of sp³-hybridized carbons (Fsp3) is 0.214. The van der Waals surface area contributed by atoms with Gasteiger partial charge in [-0.1, -0.05) is 18.2 Å². The van der Waals surface area contributed by atoms with Crippen molar-refractivity contribution in [3.05, 3.63) is 78.0 Å². The van der Waals surface area contributed by atoms with Crippen LogP contribution in [0.5, 0.6) is 5.75 Å². The minimum absolute atomic E-state index is 0.170. The van der Waals surface area contributed by atoms with E-state index < -0.39 is 6.04 Å². The summed E-state index contributed by atoms with van der Waals surface area (Å²) in [6.45, 7) is 0.343. The Kier molecular flexibility index (Phi) is 5.10. The van der Waals surface area contributed by atoms with Crippen molar-refractivity contribution in [2.75, 3.05) is 14.2 Å². The van der Waals surface area contributed by atoms with Gasteiger partial charge in [0.25, 0.3) is 11.8 Å². The molecule has 1 fully saturated rings. The molecule has 1 unspecified atom stereocenters. The van der Waals surface area contributed by atoms with E-state index >= 15 is 0 Å². The van der Waals surface area contributed by atoms with Crippen molar-refractivity contribution in [2.24, 2.45) is 0 Å². The van der Waals surface area contributed by atoms with Crippen LogP contribution >= 0.6 is 0 Å². The van der Waals surface area contributed by atoms with Gasteiger partial charge in [0.15, 0.2) is 0 Å². The summed E-state index contributed by atoms with van der Waals surface area (Å²) in [6, 6.07) is 19.1. The van der Waals surface area contributed by atoms with Gasteiger partial charge in [-0.05, 0) is 65.2 Å². The van der Waals surface area contributed by atoms with Crippen molar-refractivity contribution < 1.29 is 19.1 Å². The third kappa shape index (κ3) is 3.53. The molecule has 1 saturated heterocycles.